The molecule has 3 aromatic rings. The Balaban J connectivity index is 1.67. The molecular formula is C30H34. The molecule has 0 aromatic heterocycles. The van der Waals surface area contributed by atoms with Gasteiger partial charge in [0.25, 0.3) is 0 Å². The third kappa shape index (κ3) is 2.88. The van der Waals surface area contributed by atoms with Crippen LogP contribution in [0.3, 0.4) is 0 Å². The number of unbranched alkanes of at least 4 members (excludes halogenated alkanes) is 5. The van der Waals surface area contributed by atoms with Gasteiger partial charge >= 0.3 is 0 Å². The highest BCUT2D eigenvalue weighted by atomic mass is 14.5. The van der Waals surface area contributed by atoms with Gasteiger partial charge in [-0.3, -0.25) is 0 Å². The van der Waals surface area contributed by atoms with Crippen LogP contribution in [0.25, 0.3) is 28.0 Å². The number of allylic oxidation sites excluding steroid dienone is 1. The summed E-state index contributed by atoms with van der Waals surface area (Å²) in [5.41, 5.74) is 10.7. The van der Waals surface area contributed by atoms with E-state index in [4.69, 9.17) is 0 Å². The van der Waals surface area contributed by atoms with E-state index in [9.17, 15) is 0 Å². The molecule has 5 rings (SSSR count). The Morgan fingerprint density at radius 3 is 2.47 bits per heavy atom. The molecule has 2 aliphatic carbocycles. The smallest absolute Gasteiger partial charge is 0.0256 e. The molecule has 0 spiro atoms. The molecule has 1 unspecified atom stereocenters. The van der Waals surface area contributed by atoms with Crippen LogP contribution in [0.2, 0.25) is 0 Å². The van der Waals surface area contributed by atoms with E-state index in [-0.39, 0.29) is 5.41 Å². The summed E-state index contributed by atoms with van der Waals surface area (Å²) in [5.74, 6) is 0. The minimum atomic E-state index is 0.167. The zero-order valence-electron chi connectivity index (χ0n) is 18.9. The van der Waals surface area contributed by atoms with E-state index in [1.54, 1.807) is 11.1 Å². The van der Waals surface area contributed by atoms with Gasteiger partial charge in [-0.25, -0.2) is 0 Å². The second kappa shape index (κ2) is 7.73. The number of rotatable bonds is 7. The highest BCUT2D eigenvalue weighted by molar-refractivity contribution is 6.07. The first-order valence-corrected chi connectivity index (χ1v) is 12.0. The van der Waals surface area contributed by atoms with Crippen LogP contribution >= 0.6 is 0 Å². The molecule has 0 heterocycles. The van der Waals surface area contributed by atoms with Gasteiger partial charge in [-0.05, 0) is 70.8 Å². The summed E-state index contributed by atoms with van der Waals surface area (Å²) < 4.78 is 0. The Morgan fingerprint density at radius 2 is 1.63 bits per heavy atom. The predicted octanol–water partition coefficient (Wildman–Crippen LogP) is 8.89. The Kier molecular flexibility index (Phi) is 5.05. The van der Waals surface area contributed by atoms with Crippen LogP contribution in [0.4, 0.5) is 0 Å². The Bertz CT molecular complexity index is 1130. The Morgan fingerprint density at radius 1 is 0.867 bits per heavy atom. The maximum atomic E-state index is 2.50. The van der Waals surface area contributed by atoms with Crippen molar-refractivity contribution in [2.45, 2.75) is 77.6 Å². The molecule has 0 nitrogen and oxygen atoms in total. The zero-order chi connectivity index (χ0) is 20.7. The van der Waals surface area contributed by atoms with Gasteiger partial charge in [0.1, 0.15) is 0 Å². The van der Waals surface area contributed by atoms with Gasteiger partial charge in [0.15, 0.2) is 0 Å². The van der Waals surface area contributed by atoms with Gasteiger partial charge in [-0.1, -0.05) is 106 Å². The van der Waals surface area contributed by atoms with E-state index in [0.29, 0.717) is 0 Å². The van der Waals surface area contributed by atoms with Crippen molar-refractivity contribution in [3.05, 3.63) is 76.4 Å². The topological polar surface area (TPSA) is 0 Å². The third-order valence-electron chi connectivity index (χ3n) is 7.67. The van der Waals surface area contributed by atoms with E-state index < -0.39 is 0 Å². The van der Waals surface area contributed by atoms with Crippen LogP contribution in [0, 0.1) is 13.8 Å². The molecule has 0 saturated heterocycles. The maximum absolute atomic E-state index is 2.50. The summed E-state index contributed by atoms with van der Waals surface area (Å²) in [7, 11) is 0. The second-order valence-electron chi connectivity index (χ2n) is 9.59. The average molecular weight is 395 g/mol. The molecule has 0 heteroatoms. The monoisotopic (exact) mass is 394 g/mol. The predicted molar refractivity (Wildman–Crippen MR) is 131 cm³/mol. The van der Waals surface area contributed by atoms with Crippen molar-refractivity contribution in [3.8, 4) is 11.1 Å². The van der Waals surface area contributed by atoms with Crippen molar-refractivity contribution in [2.24, 2.45) is 0 Å². The van der Waals surface area contributed by atoms with Crippen LogP contribution < -0.4 is 0 Å². The zero-order valence-corrected chi connectivity index (χ0v) is 18.9. The van der Waals surface area contributed by atoms with Gasteiger partial charge in [0, 0.05) is 5.41 Å². The molecule has 0 aliphatic heterocycles. The Hall–Kier alpha value is -2.34. The highest BCUT2D eigenvalue weighted by Crippen LogP contribution is 2.59. The van der Waals surface area contributed by atoms with Gasteiger partial charge in [-0.15, -0.1) is 0 Å². The molecule has 0 saturated carbocycles. The third-order valence-corrected chi connectivity index (χ3v) is 7.67. The lowest BCUT2D eigenvalue weighted by molar-refractivity contribution is 0.447. The van der Waals surface area contributed by atoms with Crippen molar-refractivity contribution in [1.82, 2.24) is 0 Å². The molecule has 154 valence electrons. The van der Waals surface area contributed by atoms with Gasteiger partial charge in [0.2, 0.25) is 0 Å². The summed E-state index contributed by atoms with van der Waals surface area (Å²) in [5, 5.41) is 2.86. The van der Waals surface area contributed by atoms with Crippen LogP contribution in [0.5, 0.6) is 0 Å². The number of fused-ring (bicyclic) bond motifs is 5. The van der Waals surface area contributed by atoms with Crippen molar-refractivity contribution in [3.63, 3.8) is 0 Å². The van der Waals surface area contributed by atoms with Crippen LogP contribution in [-0.4, -0.2) is 0 Å². The average Bonchev–Trinajstić information content (AvgIpc) is 3.05. The van der Waals surface area contributed by atoms with Crippen LogP contribution in [0.1, 0.15) is 86.1 Å². The van der Waals surface area contributed by atoms with E-state index in [2.05, 4.69) is 75.4 Å². The number of hydrogen-bond acceptors (Lipinski definition) is 0. The molecule has 0 fully saturated rings. The van der Waals surface area contributed by atoms with Crippen LogP contribution in [0.15, 0.2) is 48.5 Å². The van der Waals surface area contributed by atoms with Gasteiger partial charge < -0.3 is 0 Å². The van der Waals surface area contributed by atoms with Crippen molar-refractivity contribution >= 4 is 16.8 Å². The quantitative estimate of drug-likeness (QED) is 0.351. The number of benzene rings is 3. The minimum Gasteiger partial charge on any atom is -0.0827 e. The van der Waals surface area contributed by atoms with E-state index >= 15 is 0 Å². The first-order chi connectivity index (χ1) is 14.7. The molecule has 1 atom stereocenters. The summed E-state index contributed by atoms with van der Waals surface area (Å²) in [4.78, 5) is 0. The fourth-order valence-electron chi connectivity index (χ4n) is 6.18. The maximum Gasteiger partial charge on any atom is 0.0256 e. The molecule has 0 N–H and O–H groups in total. The highest BCUT2D eigenvalue weighted by Gasteiger charge is 2.45. The number of aryl methyl sites for hydroxylation is 2. The molecule has 3 aromatic carbocycles. The first-order valence-electron chi connectivity index (χ1n) is 12.0. The molecule has 0 amide bonds. The molecule has 0 radical (unpaired) electrons. The lowest BCUT2D eigenvalue weighted by atomic mass is 9.67. The summed E-state index contributed by atoms with van der Waals surface area (Å²) in [6.45, 7) is 6.89. The Labute approximate surface area is 182 Å². The SMILES string of the molecule is CCCCCCCCC12CC=Cc3c1c(c1ccccc1c3C)-c1ccc(C)cc12. The summed E-state index contributed by atoms with van der Waals surface area (Å²) >= 11 is 0. The normalized spacial score (nSPS) is 18.6. The lowest BCUT2D eigenvalue weighted by Crippen LogP contribution is -2.28. The fraction of sp³-hybridized carbons (Fsp3) is 0.400. The summed E-state index contributed by atoms with van der Waals surface area (Å²) in [6, 6.07) is 16.3. The molecule has 0 bridgehead atoms. The largest absolute Gasteiger partial charge is 0.0827 e. The minimum absolute atomic E-state index is 0.167. The standard InChI is InChI=1S/C30H34/c1-4-5-6-7-8-11-18-30-19-12-15-24-22(3)23-13-9-10-14-25(23)28(29(24)30)26-17-16-21(2)20-27(26)30/h9-10,12-17,20H,4-8,11,18-19H2,1-3H3. The van der Waals surface area contributed by atoms with Crippen LogP contribution in [-0.2, 0) is 5.41 Å². The van der Waals surface area contributed by atoms with Crippen molar-refractivity contribution < 1.29 is 0 Å². The lowest BCUT2D eigenvalue weighted by Gasteiger charge is -2.36. The molecule has 30 heavy (non-hydrogen) atoms. The second-order valence-corrected chi connectivity index (χ2v) is 9.59. The van der Waals surface area contributed by atoms with Crippen molar-refractivity contribution in [2.75, 3.05) is 0 Å². The van der Waals surface area contributed by atoms with E-state index in [0.717, 1.165) is 6.42 Å². The van der Waals surface area contributed by atoms with Gasteiger partial charge in [-0.2, -0.15) is 0 Å². The van der Waals surface area contributed by atoms with E-state index in [1.165, 1.54) is 83.5 Å². The fourth-order valence-corrected chi connectivity index (χ4v) is 6.18. The van der Waals surface area contributed by atoms with Gasteiger partial charge in [0.05, 0.1) is 0 Å². The summed E-state index contributed by atoms with van der Waals surface area (Å²) in [6.07, 6.45) is 15.5. The van der Waals surface area contributed by atoms with E-state index in [1.807, 2.05) is 0 Å². The molecular weight excluding hydrogens is 360 g/mol. The van der Waals surface area contributed by atoms with Crippen molar-refractivity contribution in [1.29, 1.82) is 0 Å². The first kappa shape index (κ1) is 19.6. The molecule has 2 aliphatic rings. The number of hydrogen-bond donors (Lipinski definition) is 0.